The number of carbonyl (C=O) groups is 3. The minimum atomic E-state index is -0.0486. The van der Waals surface area contributed by atoms with E-state index in [0.29, 0.717) is 32.0 Å². The molecule has 3 atom stereocenters. The van der Waals surface area contributed by atoms with Crippen molar-refractivity contribution >= 4 is 17.9 Å². The highest BCUT2D eigenvalue weighted by molar-refractivity contribution is 5.73. The van der Waals surface area contributed by atoms with Gasteiger partial charge in [0.05, 0.1) is 31.7 Å². The second-order valence-electron chi connectivity index (χ2n) is 5.69. The summed E-state index contributed by atoms with van der Waals surface area (Å²) >= 11 is 0. The van der Waals surface area contributed by atoms with E-state index < -0.39 is 0 Å². The fourth-order valence-corrected chi connectivity index (χ4v) is 1.90. The molecule has 0 amide bonds. The molecule has 0 aromatic rings. The van der Waals surface area contributed by atoms with Crippen LogP contribution < -0.4 is 0 Å². The van der Waals surface area contributed by atoms with Gasteiger partial charge in [-0.15, -0.1) is 0 Å². The van der Waals surface area contributed by atoms with Crippen LogP contribution in [-0.2, 0) is 28.6 Å². The average Bonchev–Trinajstić information content (AvgIpc) is 3.08. The molecule has 0 spiro atoms. The topological polar surface area (TPSA) is 78.9 Å². The van der Waals surface area contributed by atoms with Crippen molar-refractivity contribution in [3.8, 4) is 0 Å². The largest absolute Gasteiger partial charge is 0.465 e. The lowest BCUT2D eigenvalue weighted by Gasteiger charge is -1.95. The first-order valence-corrected chi connectivity index (χ1v) is 7.40. The highest BCUT2D eigenvalue weighted by Gasteiger charge is 2.20. The fraction of sp³-hybridized carbons (Fsp3) is 0.800. The fourth-order valence-electron chi connectivity index (χ4n) is 1.90. The van der Waals surface area contributed by atoms with E-state index in [-0.39, 0.29) is 29.9 Å². The van der Waals surface area contributed by atoms with E-state index in [0.717, 1.165) is 12.8 Å². The number of rotatable bonds is 0. The van der Waals surface area contributed by atoms with Gasteiger partial charge in [0.15, 0.2) is 0 Å². The van der Waals surface area contributed by atoms with Gasteiger partial charge in [-0.3, -0.25) is 14.4 Å². The molecular weight excluding hydrogens is 276 g/mol. The maximum Gasteiger partial charge on any atom is 0.308 e. The number of cyclic esters (lactones) is 3. The van der Waals surface area contributed by atoms with Gasteiger partial charge in [-0.05, 0) is 19.8 Å². The first-order valence-electron chi connectivity index (χ1n) is 7.40. The summed E-state index contributed by atoms with van der Waals surface area (Å²) in [5.74, 6) is 0.465. The molecule has 0 aromatic carbocycles. The van der Waals surface area contributed by atoms with Crippen molar-refractivity contribution in [3.05, 3.63) is 0 Å². The van der Waals surface area contributed by atoms with E-state index in [2.05, 4.69) is 9.47 Å². The molecule has 3 heterocycles. The molecule has 0 aromatic heterocycles. The van der Waals surface area contributed by atoms with E-state index in [1.165, 1.54) is 0 Å². The Morgan fingerprint density at radius 3 is 1.81 bits per heavy atom. The van der Waals surface area contributed by atoms with Crippen LogP contribution in [0.2, 0.25) is 0 Å². The monoisotopic (exact) mass is 300 g/mol. The van der Waals surface area contributed by atoms with Gasteiger partial charge < -0.3 is 14.2 Å². The summed E-state index contributed by atoms with van der Waals surface area (Å²) in [4.78, 5) is 30.8. The Bertz CT molecular complexity index is 354. The maximum atomic E-state index is 10.4. The van der Waals surface area contributed by atoms with Gasteiger partial charge >= 0.3 is 17.9 Å². The molecule has 0 aliphatic carbocycles. The van der Waals surface area contributed by atoms with Gasteiger partial charge in [0.2, 0.25) is 0 Å². The van der Waals surface area contributed by atoms with Crippen LogP contribution in [0.25, 0.3) is 0 Å². The Kier molecular flexibility index (Phi) is 7.19. The quantitative estimate of drug-likeness (QED) is 0.502. The van der Waals surface area contributed by atoms with Gasteiger partial charge in [-0.1, -0.05) is 13.8 Å². The van der Waals surface area contributed by atoms with Crippen molar-refractivity contribution < 1.29 is 28.6 Å². The molecule has 0 N–H and O–H groups in total. The molecular formula is C15H24O6. The normalized spacial score (nSPS) is 30.4. The van der Waals surface area contributed by atoms with Crippen LogP contribution in [-0.4, -0.2) is 37.2 Å². The molecule has 0 bridgehead atoms. The average molecular weight is 300 g/mol. The SMILES string of the molecule is CC1CCC(=O)O1.CC1CCOC1=O.CC1COC(=O)C1. The summed E-state index contributed by atoms with van der Waals surface area (Å²) < 4.78 is 14.0. The predicted octanol–water partition coefficient (Wildman–Crippen LogP) is 1.85. The minimum Gasteiger partial charge on any atom is -0.465 e. The minimum absolute atomic E-state index is 0.0417. The van der Waals surface area contributed by atoms with E-state index in [1.54, 1.807) is 0 Å². The molecule has 3 saturated heterocycles. The van der Waals surface area contributed by atoms with Gasteiger partial charge in [0, 0.05) is 12.3 Å². The van der Waals surface area contributed by atoms with Crippen molar-refractivity contribution in [2.45, 2.75) is 52.6 Å². The maximum absolute atomic E-state index is 10.4. The second kappa shape index (κ2) is 8.64. The Labute approximate surface area is 125 Å². The van der Waals surface area contributed by atoms with E-state index >= 15 is 0 Å². The van der Waals surface area contributed by atoms with Crippen LogP contribution in [0.4, 0.5) is 0 Å². The summed E-state index contributed by atoms with van der Waals surface area (Å²) in [6.45, 7) is 7.05. The van der Waals surface area contributed by atoms with Crippen LogP contribution >= 0.6 is 0 Å². The second-order valence-corrected chi connectivity index (χ2v) is 5.69. The molecule has 3 aliphatic rings. The predicted molar refractivity (Wildman–Crippen MR) is 74.3 cm³/mol. The molecule has 0 saturated carbocycles. The number of hydrogen-bond donors (Lipinski definition) is 0. The Morgan fingerprint density at radius 2 is 1.67 bits per heavy atom. The molecule has 3 rings (SSSR count). The van der Waals surface area contributed by atoms with Crippen molar-refractivity contribution in [1.29, 1.82) is 0 Å². The lowest BCUT2D eigenvalue weighted by Crippen LogP contribution is -2.00. The third-order valence-corrected chi connectivity index (χ3v) is 3.33. The number of ether oxygens (including phenoxy) is 3. The first kappa shape index (κ1) is 17.5. The van der Waals surface area contributed by atoms with E-state index in [4.69, 9.17) is 4.74 Å². The zero-order valence-electron chi connectivity index (χ0n) is 12.9. The van der Waals surface area contributed by atoms with Crippen LogP contribution in [0.5, 0.6) is 0 Å². The zero-order valence-corrected chi connectivity index (χ0v) is 12.9. The standard InChI is InChI=1S/3C5H8O2/c1-4-2-5(6)7-3-4;1-4-2-3-7-5(4)6;1-4-2-3-5(6)7-4/h3*4H,2-3H2,1H3. The highest BCUT2D eigenvalue weighted by Crippen LogP contribution is 2.12. The summed E-state index contributed by atoms with van der Waals surface area (Å²) in [5.41, 5.74) is 0. The summed E-state index contributed by atoms with van der Waals surface area (Å²) in [7, 11) is 0. The molecule has 3 aliphatic heterocycles. The summed E-state index contributed by atoms with van der Waals surface area (Å²) in [6, 6.07) is 0. The molecule has 21 heavy (non-hydrogen) atoms. The number of esters is 3. The molecule has 3 unspecified atom stereocenters. The van der Waals surface area contributed by atoms with Gasteiger partial charge in [0.1, 0.15) is 0 Å². The molecule has 6 heteroatoms. The molecule has 0 radical (unpaired) electrons. The molecule has 3 fully saturated rings. The van der Waals surface area contributed by atoms with Gasteiger partial charge in [-0.2, -0.15) is 0 Å². The lowest BCUT2D eigenvalue weighted by atomic mass is 10.2. The van der Waals surface area contributed by atoms with Gasteiger partial charge in [-0.25, -0.2) is 0 Å². The van der Waals surface area contributed by atoms with E-state index in [9.17, 15) is 14.4 Å². The number of carbonyl (C=O) groups excluding carboxylic acids is 3. The van der Waals surface area contributed by atoms with Crippen LogP contribution in [0.3, 0.4) is 0 Å². The van der Waals surface area contributed by atoms with Crippen LogP contribution in [0.15, 0.2) is 0 Å². The zero-order chi connectivity index (χ0) is 15.8. The third kappa shape index (κ3) is 7.11. The van der Waals surface area contributed by atoms with Crippen molar-refractivity contribution in [1.82, 2.24) is 0 Å². The van der Waals surface area contributed by atoms with Crippen LogP contribution in [0.1, 0.15) is 46.5 Å². The molecule has 120 valence electrons. The summed E-state index contributed by atoms with van der Waals surface area (Å²) in [5, 5.41) is 0. The van der Waals surface area contributed by atoms with Crippen LogP contribution in [0, 0.1) is 11.8 Å². The number of hydrogen-bond acceptors (Lipinski definition) is 6. The van der Waals surface area contributed by atoms with Gasteiger partial charge in [0.25, 0.3) is 0 Å². The Hall–Kier alpha value is -1.59. The Morgan fingerprint density at radius 1 is 0.952 bits per heavy atom. The lowest BCUT2D eigenvalue weighted by molar-refractivity contribution is -0.141. The Balaban J connectivity index is 0.000000157. The van der Waals surface area contributed by atoms with Crippen molar-refractivity contribution in [3.63, 3.8) is 0 Å². The third-order valence-electron chi connectivity index (χ3n) is 3.33. The van der Waals surface area contributed by atoms with E-state index in [1.807, 2.05) is 20.8 Å². The molecule has 6 nitrogen and oxygen atoms in total. The first-order chi connectivity index (χ1) is 9.88. The van der Waals surface area contributed by atoms with Crippen molar-refractivity contribution in [2.75, 3.05) is 13.2 Å². The van der Waals surface area contributed by atoms with Crippen molar-refractivity contribution in [2.24, 2.45) is 11.8 Å². The highest BCUT2D eigenvalue weighted by atomic mass is 16.6. The summed E-state index contributed by atoms with van der Waals surface area (Å²) in [6.07, 6.45) is 3.20. The smallest absolute Gasteiger partial charge is 0.308 e.